The molecule has 0 saturated carbocycles. The number of aryl methyl sites for hydroxylation is 2. The summed E-state index contributed by atoms with van der Waals surface area (Å²) >= 11 is 6.18. The van der Waals surface area contributed by atoms with E-state index in [4.69, 9.17) is 11.6 Å². The number of fused-ring (bicyclic) bond motifs is 1. The van der Waals surface area contributed by atoms with Gasteiger partial charge < -0.3 is 9.67 Å². The summed E-state index contributed by atoms with van der Waals surface area (Å²) in [6.07, 6.45) is -0.530. The van der Waals surface area contributed by atoms with Crippen molar-refractivity contribution in [3.05, 3.63) is 51.9 Å². The van der Waals surface area contributed by atoms with Crippen molar-refractivity contribution in [2.24, 2.45) is 0 Å². The molecule has 122 valence electrons. The van der Waals surface area contributed by atoms with E-state index in [2.05, 4.69) is 35.6 Å². The van der Waals surface area contributed by atoms with Gasteiger partial charge in [0, 0.05) is 16.6 Å². The lowest BCUT2D eigenvalue weighted by atomic mass is 10.2. The molecule has 0 unspecified atom stereocenters. The highest BCUT2D eigenvalue weighted by Gasteiger charge is 2.16. The third kappa shape index (κ3) is 2.77. The highest BCUT2D eigenvalue weighted by Crippen LogP contribution is 2.25. The van der Waals surface area contributed by atoms with E-state index < -0.39 is 6.10 Å². The van der Waals surface area contributed by atoms with Crippen molar-refractivity contribution in [3.8, 4) is 0 Å². The lowest BCUT2D eigenvalue weighted by Gasteiger charge is -2.15. The molecular weight excluding hydrogens is 310 g/mol. The molecule has 2 heterocycles. The van der Waals surface area contributed by atoms with Crippen LogP contribution in [-0.4, -0.2) is 25.6 Å². The van der Waals surface area contributed by atoms with Crippen molar-refractivity contribution in [2.45, 2.75) is 46.9 Å². The first-order chi connectivity index (χ1) is 10.9. The maximum Gasteiger partial charge on any atom is 0.0914 e. The molecule has 0 bridgehead atoms. The molecule has 0 spiro atoms. The number of hydrogen-bond acceptors (Lipinski definition) is 2. The second kappa shape index (κ2) is 6.02. The summed E-state index contributed by atoms with van der Waals surface area (Å²) < 4.78 is 3.97. The van der Waals surface area contributed by atoms with Crippen LogP contribution in [0.5, 0.6) is 0 Å². The Morgan fingerprint density at radius 2 is 1.78 bits per heavy atom. The topological polar surface area (TPSA) is 43.0 Å². The molecule has 0 radical (unpaired) electrons. The molecule has 4 nitrogen and oxygen atoms in total. The van der Waals surface area contributed by atoms with E-state index in [1.165, 1.54) is 16.6 Å². The summed E-state index contributed by atoms with van der Waals surface area (Å²) in [5.74, 6) is 0. The van der Waals surface area contributed by atoms with Gasteiger partial charge in [0.15, 0.2) is 0 Å². The van der Waals surface area contributed by atoms with Gasteiger partial charge in [0.1, 0.15) is 0 Å². The molecule has 5 heteroatoms. The van der Waals surface area contributed by atoms with Crippen LogP contribution in [-0.2, 0) is 13.1 Å². The van der Waals surface area contributed by atoms with Crippen molar-refractivity contribution >= 4 is 22.5 Å². The number of aliphatic hydroxyl groups excluding tert-OH is 1. The lowest BCUT2D eigenvalue weighted by Crippen LogP contribution is -2.24. The largest absolute Gasteiger partial charge is 0.389 e. The zero-order chi connectivity index (χ0) is 16.7. The SMILES string of the molecule is Cc1nn(C[C@@H](O)Cn2c(C)c(C)c3ccccc32)c(C)c1Cl. The maximum atomic E-state index is 10.5. The summed E-state index contributed by atoms with van der Waals surface area (Å²) in [4.78, 5) is 0. The number of nitrogens with zero attached hydrogens (tertiary/aromatic N) is 3. The summed E-state index contributed by atoms with van der Waals surface area (Å²) in [7, 11) is 0. The highest BCUT2D eigenvalue weighted by molar-refractivity contribution is 6.31. The minimum absolute atomic E-state index is 0.435. The van der Waals surface area contributed by atoms with Crippen LogP contribution in [0.2, 0.25) is 5.02 Å². The van der Waals surface area contributed by atoms with Crippen molar-refractivity contribution in [3.63, 3.8) is 0 Å². The normalized spacial score (nSPS) is 13.0. The van der Waals surface area contributed by atoms with Gasteiger partial charge in [-0.25, -0.2) is 0 Å². The standard InChI is InChI=1S/C18H22ClN3O/c1-11-13(3)21(17-8-6-5-7-16(11)17)9-15(23)10-22-14(4)18(19)12(2)20-22/h5-8,15,23H,9-10H2,1-4H3/t15-/m0/s1. The molecule has 1 atom stereocenters. The van der Waals surface area contributed by atoms with Gasteiger partial charge in [-0.3, -0.25) is 4.68 Å². The summed E-state index contributed by atoms with van der Waals surface area (Å²) in [6.45, 7) is 9.00. The van der Waals surface area contributed by atoms with Crippen molar-refractivity contribution in [1.29, 1.82) is 0 Å². The van der Waals surface area contributed by atoms with Gasteiger partial charge in [-0.05, 0) is 39.3 Å². The number of aliphatic hydroxyl groups is 1. The molecule has 23 heavy (non-hydrogen) atoms. The van der Waals surface area contributed by atoms with E-state index in [1.807, 2.05) is 26.0 Å². The minimum atomic E-state index is -0.530. The average molecular weight is 332 g/mol. The molecule has 3 rings (SSSR count). The van der Waals surface area contributed by atoms with Crippen LogP contribution in [0.3, 0.4) is 0 Å². The number of hydrogen-bond donors (Lipinski definition) is 1. The van der Waals surface area contributed by atoms with Gasteiger partial charge in [-0.2, -0.15) is 5.10 Å². The molecule has 0 saturated heterocycles. The van der Waals surface area contributed by atoms with Crippen LogP contribution in [0.4, 0.5) is 0 Å². The van der Waals surface area contributed by atoms with Crippen molar-refractivity contribution < 1.29 is 5.11 Å². The summed E-state index contributed by atoms with van der Waals surface area (Å²) in [5.41, 5.74) is 5.31. The van der Waals surface area contributed by atoms with Crippen LogP contribution in [0.25, 0.3) is 10.9 Å². The minimum Gasteiger partial charge on any atom is -0.389 e. The Morgan fingerprint density at radius 1 is 1.09 bits per heavy atom. The molecule has 0 aliphatic carbocycles. The Hall–Kier alpha value is -1.78. The monoisotopic (exact) mass is 331 g/mol. The van der Waals surface area contributed by atoms with Crippen LogP contribution in [0.15, 0.2) is 24.3 Å². The van der Waals surface area contributed by atoms with E-state index in [1.54, 1.807) is 4.68 Å². The van der Waals surface area contributed by atoms with E-state index in [-0.39, 0.29) is 0 Å². The van der Waals surface area contributed by atoms with Gasteiger partial charge in [0.05, 0.1) is 35.6 Å². The third-order valence-electron chi connectivity index (χ3n) is 4.62. The fraction of sp³-hybridized carbons (Fsp3) is 0.389. The van der Waals surface area contributed by atoms with E-state index >= 15 is 0 Å². The fourth-order valence-corrected chi connectivity index (χ4v) is 3.30. The Morgan fingerprint density at radius 3 is 2.43 bits per heavy atom. The molecule has 1 N–H and O–H groups in total. The van der Waals surface area contributed by atoms with Crippen LogP contribution in [0.1, 0.15) is 22.6 Å². The Labute approximate surface area is 141 Å². The Kier molecular flexibility index (Phi) is 4.21. The van der Waals surface area contributed by atoms with Crippen LogP contribution >= 0.6 is 11.6 Å². The Balaban J connectivity index is 1.87. The predicted molar refractivity (Wildman–Crippen MR) is 94.1 cm³/mol. The van der Waals surface area contributed by atoms with E-state index in [0.29, 0.717) is 18.1 Å². The fourth-order valence-electron chi connectivity index (χ4n) is 3.16. The van der Waals surface area contributed by atoms with Gasteiger partial charge >= 0.3 is 0 Å². The summed E-state index contributed by atoms with van der Waals surface area (Å²) in [5, 5.41) is 16.9. The molecule has 0 fully saturated rings. The first-order valence-corrected chi connectivity index (χ1v) is 8.20. The molecule has 3 aromatic rings. The van der Waals surface area contributed by atoms with Gasteiger partial charge in [0.25, 0.3) is 0 Å². The predicted octanol–water partition coefficient (Wildman–Crippen LogP) is 3.79. The van der Waals surface area contributed by atoms with E-state index in [0.717, 1.165) is 16.9 Å². The van der Waals surface area contributed by atoms with Crippen LogP contribution < -0.4 is 0 Å². The molecule has 2 aromatic heterocycles. The van der Waals surface area contributed by atoms with E-state index in [9.17, 15) is 5.11 Å². The number of rotatable bonds is 4. The first kappa shape index (κ1) is 16.1. The van der Waals surface area contributed by atoms with Gasteiger partial charge in [0.2, 0.25) is 0 Å². The number of aromatic nitrogens is 3. The number of para-hydroxylation sites is 1. The smallest absolute Gasteiger partial charge is 0.0914 e. The van der Waals surface area contributed by atoms with Crippen LogP contribution in [0, 0.1) is 27.7 Å². The molecule has 0 aliphatic heterocycles. The second-order valence-electron chi connectivity index (χ2n) is 6.16. The average Bonchev–Trinajstić information content (AvgIpc) is 2.91. The number of halogens is 1. The highest BCUT2D eigenvalue weighted by atomic mass is 35.5. The molecule has 1 aromatic carbocycles. The lowest BCUT2D eigenvalue weighted by molar-refractivity contribution is 0.130. The zero-order valence-corrected chi connectivity index (χ0v) is 14.7. The maximum absolute atomic E-state index is 10.5. The summed E-state index contributed by atoms with van der Waals surface area (Å²) in [6, 6.07) is 8.31. The van der Waals surface area contributed by atoms with Gasteiger partial charge in [-0.1, -0.05) is 29.8 Å². The molecular formula is C18H22ClN3O. The second-order valence-corrected chi connectivity index (χ2v) is 6.54. The third-order valence-corrected chi connectivity index (χ3v) is 5.16. The molecule has 0 amide bonds. The first-order valence-electron chi connectivity index (χ1n) is 7.82. The van der Waals surface area contributed by atoms with Gasteiger partial charge in [-0.15, -0.1) is 0 Å². The van der Waals surface area contributed by atoms with Crippen molar-refractivity contribution in [1.82, 2.24) is 14.3 Å². The van der Waals surface area contributed by atoms with Crippen molar-refractivity contribution in [2.75, 3.05) is 0 Å². The zero-order valence-electron chi connectivity index (χ0n) is 14.0. The molecule has 0 aliphatic rings. The number of benzene rings is 1. The quantitative estimate of drug-likeness (QED) is 0.790. The Bertz CT molecular complexity index is 863.